The van der Waals surface area contributed by atoms with E-state index in [-0.39, 0.29) is 16.6 Å². The number of rotatable bonds is 7. The summed E-state index contributed by atoms with van der Waals surface area (Å²) in [6, 6.07) is 3.84. The van der Waals surface area contributed by atoms with E-state index in [0.29, 0.717) is 25.4 Å². The molecule has 0 saturated heterocycles. The molecular formula is C13H17ClN2O4. The average molecular weight is 301 g/mol. The molecule has 7 heteroatoms. The van der Waals surface area contributed by atoms with E-state index in [1.54, 1.807) is 0 Å². The molecular weight excluding hydrogens is 284 g/mol. The molecule has 0 bridgehead atoms. The Bertz CT molecular complexity index is 479. The van der Waals surface area contributed by atoms with E-state index < -0.39 is 5.97 Å². The number of ether oxygens (including phenoxy) is 1. The maximum absolute atomic E-state index is 11.6. The number of carboxylic acid groups (broad SMARTS) is 1. The Morgan fingerprint density at radius 2 is 2.15 bits per heavy atom. The highest BCUT2D eigenvalue weighted by Gasteiger charge is 2.09. The Morgan fingerprint density at radius 1 is 1.40 bits per heavy atom. The van der Waals surface area contributed by atoms with Crippen molar-refractivity contribution >= 4 is 29.3 Å². The molecule has 2 amide bonds. The topological polar surface area (TPSA) is 87.7 Å². The van der Waals surface area contributed by atoms with Gasteiger partial charge in [0.05, 0.1) is 10.6 Å². The van der Waals surface area contributed by atoms with Gasteiger partial charge in [0, 0.05) is 25.4 Å². The molecule has 6 nitrogen and oxygen atoms in total. The van der Waals surface area contributed by atoms with Crippen LogP contribution >= 0.6 is 11.6 Å². The SMILES string of the molecule is CCOCCCNC(=O)Nc1ccc(C(=O)O)c(Cl)c1. The molecule has 1 rings (SSSR count). The van der Waals surface area contributed by atoms with Crippen LogP contribution < -0.4 is 10.6 Å². The predicted molar refractivity (Wildman–Crippen MR) is 76.5 cm³/mol. The average Bonchev–Trinajstić information content (AvgIpc) is 2.38. The molecule has 0 unspecified atom stereocenters. The van der Waals surface area contributed by atoms with E-state index in [4.69, 9.17) is 21.4 Å². The van der Waals surface area contributed by atoms with Crippen LogP contribution in [0, 0.1) is 0 Å². The maximum atomic E-state index is 11.6. The summed E-state index contributed by atoms with van der Waals surface area (Å²) in [7, 11) is 0. The molecule has 3 N–H and O–H groups in total. The largest absolute Gasteiger partial charge is 0.478 e. The summed E-state index contributed by atoms with van der Waals surface area (Å²) < 4.78 is 5.14. The molecule has 0 saturated carbocycles. The number of urea groups is 1. The molecule has 1 aromatic rings. The number of halogens is 1. The first-order chi connectivity index (χ1) is 9.54. The minimum atomic E-state index is -1.11. The minimum Gasteiger partial charge on any atom is -0.478 e. The van der Waals surface area contributed by atoms with E-state index in [0.717, 1.165) is 6.42 Å². The lowest BCUT2D eigenvalue weighted by atomic mass is 10.2. The van der Waals surface area contributed by atoms with Gasteiger partial charge < -0.3 is 20.5 Å². The van der Waals surface area contributed by atoms with Gasteiger partial charge in [-0.1, -0.05) is 11.6 Å². The summed E-state index contributed by atoms with van der Waals surface area (Å²) in [6.07, 6.45) is 0.722. The molecule has 0 spiro atoms. The highest BCUT2D eigenvalue weighted by atomic mass is 35.5. The molecule has 0 aliphatic heterocycles. The second-order valence-corrected chi connectivity index (χ2v) is 4.34. The Kier molecular flexibility index (Phi) is 6.83. The van der Waals surface area contributed by atoms with Crippen LogP contribution in [-0.2, 0) is 4.74 Å². The zero-order chi connectivity index (χ0) is 15.0. The van der Waals surface area contributed by atoms with Gasteiger partial charge in [0.2, 0.25) is 0 Å². The third-order valence-corrected chi connectivity index (χ3v) is 2.73. The molecule has 0 atom stereocenters. The third kappa shape index (κ3) is 5.46. The van der Waals surface area contributed by atoms with Crippen LogP contribution in [0.15, 0.2) is 18.2 Å². The number of carbonyl (C=O) groups is 2. The Labute approximate surface area is 122 Å². The summed E-state index contributed by atoms with van der Waals surface area (Å²) in [5.41, 5.74) is 0.427. The van der Waals surface area contributed by atoms with Crippen molar-refractivity contribution in [1.82, 2.24) is 5.32 Å². The van der Waals surface area contributed by atoms with E-state index in [1.807, 2.05) is 6.92 Å². The zero-order valence-corrected chi connectivity index (χ0v) is 11.9. The Morgan fingerprint density at radius 3 is 2.75 bits per heavy atom. The summed E-state index contributed by atoms with van der Waals surface area (Å²) in [5, 5.41) is 14.1. The molecule has 0 aliphatic rings. The van der Waals surface area contributed by atoms with E-state index >= 15 is 0 Å². The number of aromatic carboxylic acids is 1. The van der Waals surface area contributed by atoms with E-state index in [2.05, 4.69) is 10.6 Å². The van der Waals surface area contributed by atoms with Gasteiger partial charge in [0.1, 0.15) is 0 Å². The Balaban J connectivity index is 2.42. The van der Waals surface area contributed by atoms with Gasteiger partial charge in [0.15, 0.2) is 0 Å². The first-order valence-corrected chi connectivity index (χ1v) is 6.57. The number of anilines is 1. The van der Waals surface area contributed by atoms with Crippen LogP contribution in [0.1, 0.15) is 23.7 Å². The van der Waals surface area contributed by atoms with Gasteiger partial charge in [-0.15, -0.1) is 0 Å². The molecule has 20 heavy (non-hydrogen) atoms. The lowest BCUT2D eigenvalue weighted by Crippen LogP contribution is -2.30. The minimum absolute atomic E-state index is 0.00524. The fourth-order valence-electron chi connectivity index (χ4n) is 1.46. The zero-order valence-electron chi connectivity index (χ0n) is 11.1. The lowest BCUT2D eigenvalue weighted by Gasteiger charge is -2.08. The van der Waals surface area contributed by atoms with Gasteiger partial charge >= 0.3 is 12.0 Å². The first kappa shape index (κ1) is 16.3. The first-order valence-electron chi connectivity index (χ1n) is 6.20. The van der Waals surface area contributed by atoms with E-state index in [1.165, 1.54) is 18.2 Å². The molecule has 0 radical (unpaired) electrons. The number of carboxylic acids is 1. The van der Waals surface area contributed by atoms with Crippen molar-refractivity contribution in [1.29, 1.82) is 0 Å². The van der Waals surface area contributed by atoms with Crippen molar-refractivity contribution in [2.75, 3.05) is 25.1 Å². The summed E-state index contributed by atoms with van der Waals surface area (Å²) in [6.45, 7) is 3.65. The standard InChI is InChI=1S/C13H17ClN2O4/c1-2-20-7-3-6-15-13(19)16-9-4-5-10(12(17)18)11(14)8-9/h4-5,8H,2-3,6-7H2,1H3,(H,17,18)(H2,15,16,19). The molecule has 0 heterocycles. The molecule has 0 fully saturated rings. The van der Waals surface area contributed by atoms with Crippen molar-refractivity contribution in [3.05, 3.63) is 28.8 Å². The smallest absolute Gasteiger partial charge is 0.337 e. The van der Waals surface area contributed by atoms with Crippen LogP contribution in [0.3, 0.4) is 0 Å². The molecule has 110 valence electrons. The quantitative estimate of drug-likeness (QED) is 0.675. The molecule has 0 aliphatic carbocycles. The summed E-state index contributed by atoms with van der Waals surface area (Å²) in [4.78, 5) is 22.3. The van der Waals surface area contributed by atoms with Crippen LogP contribution in [0.25, 0.3) is 0 Å². The molecule has 0 aromatic heterocycles. The van der Waals surface area contributed by atoms with Crippen LogP contribution in [0.5, 0.6) is 0 Å². The monoisotopic (exact) mass is 300 g/mol. The highest BCUT2D eigenvalue weighted by molar-refractivity contribution is 6.33. The Hall–Kier alpha value is -1.79. The van der Waals surface area contributed by atoms with Crippen LogP contribution in [0.4, 0.5) is 10.5 Å². The third-order valence-electron chi connectivity index (χ3n) is 2.41. The number of hydrogen-bond acceptors (Lipinski definition) is 3. The van der Waals surface area contributed by atoms with Crippen LogP contribution in [-0.4, -0.2) is 36.9 Å². The van der Waals surface area contributed by atoms with Gasteiger partial charge in [-0.3, -0.25) is 0 Å². The number of carbonyl (C=O) groups excluding carboxylic acids is 1. The predicted octanol–water partition coefficient (Wildman–Crippen LogP) is 2.59. The van der Waals surface area contributed by atoms with Crippen molar-refractivity contribution < 1.29 is 19.4 Å². The van der Waals surface area contributed by atoms with Crippen molar-refractivity contribution in [3.63, 3.8) is 0 Å². The van der Waals surface area contributed by atoms with E-state index in [9.17, 15) is 9.59 Å². The van der Waals surface area contributed by atoms with Crippen molar-refractivity contribution in [3.8, 4) is 0 Å². The second kappa shape index (κ2) is 8.39. The van der Waals surface area contributed by atoms with Gasteiger partial charge in [0.25, 0.3) is 0 Å². The van der Waals surface area contributed by atoms with Gasteiger partial charge in [-0.05, 0) is 31.5 Å². The number of benzene rings is 1. The maximum Gasteiger partial charge on any atom is 0.337 e. The number of hydrogen-bond donors (Lipinski definition) is 3. The van der Waals surface area contributed by atoms with Crippen molar-refractivity contribution in [2.24, 2.45) is 0 Å². The fourth-order valence-corrected chi connectivity index (χ4v) is 1.72. The van der Waals surface area contributed by atoms with Crippen molar-refractivity contribution in [2.45, 2.75) is 13.3 Å². The number of amides is 2. The normalized spacial score (nSPS) is 10.1. The second-order valence-electron chi connectivity index (χ2n) is 3.93. The highest BCUT2D eigenvalue weighted by Crippen LogP contribution is 2.20. The number of nitrogens with one attached hydrogen (secondary N) is 2. The molecule has 1 aromatic carbocycles. The summed E-state index contributed by atoms with van der Waals surface area (Å²) >= 11 is 5.80. The summed E-state index contributed by atoms with van der Waals surface area (Å²) in [5.74, 6) is -1.11. The van der Waals surface area contributed by atoms with Crippen LogP contribution in [0.2, 0.25) is 5.02 Å². The van der Waals surface area contributed by atoms with Gasteiger partial charge in [-0.2, -0.15) is 0 Å². The van der Waals surface area contributed by atoms with Gasteiger partial charge in [-0.25, -0.2) is 9.59 Å². The fraction of sp³-hybridized carbons (Fsp3) is 0.385. The lowest BCUT2D eigenvalue weighted by molar-refractivity contribution is 0.0697.